The summed E-state index contributed by atoms with van der Waals surface area (Å²) in [6.45, 7) is 6.72. The van der Waals surface area contributed by atoms with E-state index in [0.29, 0.717) is 30.1 Å². The summed E-state index contributed by atoms with van der Waals surface area (Å²) in [6.07, 6.45) is 6.00. The minimum atomic E-state index is -0.748. The standard InChI is InChI=1S/C24H40O5/c1-13(4-7-21(28)29)16-5-6-17-22-18(12-20(27)24(16,17)3)23(2)9-8-15(25)10-14(23)11-19(22)26/h13-20,22,25-27H,4-12H2,1-3H3,(H,28,29)/t13-,14+,15+,16+,17-,18-,19-,20-,22-,23+,24-/m1/s1. The Bertz CT molecular complexity index is 637. The van der Waals surface area contributed by atoms with E-state index in [1.165, 1.54) is 0 Å². The lowest BCUT2D eigenvalue weighted by Crippen LogP contribution is -2.62. The van der Waals surface area contributed by atoms with E-state index in [1.807, 2.05) is 0 Å². The van der Waals surface area contributed by atoms with Crippen molar-refractivity contribution in [3.05, 3.63) is 0 Å². The molecule has 4 rings (SSSR count). The quantitative estimate of drug-likeness (QED) is 0.571. The lowest BCUT2D eigenvalue weighted by Gasteiger charge is -2.63. The van der Waals surface area contributed by atoms with E-state index >= 15 is 0 Å². The van der Waals surface area contributed by atoms with Gasteiger partial charge in [-0.1, -0.05) is 20.8 Å². The summed E-state index contributed by atoms with van der Waals surface area (Å²) in [7, 11) is 0. The van der Waals surface area contributed by atoms with Gasteiger partial charge in [0.1, 0.15) is 0 Å². The number of hydrogen-bond donors (Lipinski definition) is 4. The Morgan fingerprint density at radius 3 is 2.45 bits per heavy atom. The molecule has 0 aromatic heterocycles. The monoisotopic (exact) mass is 408 g/mol. The molecule has 4 saturated carbocycles. The second-order valence-corrected chi connectivity index (χ2v) is 11.4. The van der Waals surface area contributed by atoms with Crippen molar-refractivity contribution in [1.82, 2.24) is 0 Å². The van der Waals surface area contributed by atoms with Crippen LogP contribution in [0.1, 0.15) is 78.6 Å². The molecule has 4 N–H and O–H groups in total. The summed E-state index contributed by atoms with van der Waals surface area (Å²) < 4.78 is 0. The molecule has 11 atom stereocenters. The summed E-state index contributed by atoms with van der Waals surface area (Å²) in [5.41, 5.74) is -0.143. The number of rotatable bonds is 4. The van der Waals surface area contributed by atoms with Crippen LogP contribution in [0, 0.1) is 46.3 Å². The van der Waals surface area contributed by atoms with Crippen molar-refractivity contribution >= 4 is 5.97 Å². The number of carbonyl (C=O) groups is 1. The fourth-order valence-corrected chi connectivity index (χ4v) is 8.68. The summed E-state index contributed by atoms with van der Waals surface area (Å²) in [5, 5.41) is 42.0. The Labute approximate surface area is 174 Å². The molecule has 0 aromatic rings. The molecule has 5 heteroatoms. The van der Waals surface area contributed by atoms with Gasteiger partial charge in [-0.25, -0.2) is 0 Å². The first-order valence-corrected chi connectivity index (χ1v) is 11.8. The topological polar surface area (TPSA) is 98.0 Å². The van der Waals surface area contributed by atoms with Crippen molar-refractivity contribution in [1.29, 1.82) is 0 Å². The van der Waals surface area contributed by atoms with Crippen LogP contribution in [0.15, 0.2) is 0 Å². The van der Waals surface area contributed by atoms with Gasteiger partial charge in [0.15, 0.2) is 0 Å². The van der Waals surface area contributed by atoms with Crippen molar-refractivity contribution < 1.29 is 25.2 Å². The van der Waals surface area contributed by atoms with E-state index < -0.39 is 12.1 Å². The van der Waals surface area contributed by atoms with Crippen LogP contribution in [-0.2, 0) is 4.79 Å². The van der Waals surface area contributed by atoms with E-state index in [4.69, 9.17) is 5.11 Å². The molecule has 0 saturated heterocycles. The third-order valence-corrected chi connectivity index (χ3v) is 10.3. The van der Waals surface area contributed by atoms with Crippen molar-refractivity contribution in [2.75, 3.05) is 0 Å². The second-order valence-electron chi connectivity index (χ2n) is 11.4. The number of hydrogen-bond acceptors (Lipinski definition) is 4. The Morgan fingerprint density at radius 2 is 1.76 bits per heavy atom. The number of carboxylic acid groups (broad SMARTS) is 1. The molecule has 4 fully saturated rings. The zero-order chi connectivity index (χ0) is 21.1. The fraction of sp³-hybridized carbons (Fsp3) is 0.958. The maximum atomic E-state index is 11.5. The first-order valence-electron chi connectivity index (χ1n) is 11.8. The first-order chi connectivity index (χ1) is 13.6. The van der Waals surface area contributed by atoms with Gasteiger partial charge in [-0.15, -0.1) is 0 Å². The molecule has 0 unspecified atom stereocenters. The smallest absolute Gasteiger partial charge is 0.303 e. The van der Waals surface area contributed by atoms with Gasteiger partial charge < -0.3 is 20.4 Å². The number of aliphatic hydroxyl groups is 3. The predicted octanol–water partition coefficient (Wildman–Crippen LogP) is 3.45. The Hall–Kier alpha value is -0.650. The van der Waals surface area contributed by atoms with Crippen LogP contribution in [0.4, 0.5) is 0 Å². The summed E-state index contributed by atoms with van der Waals surface area (Å²) >= 11 is 0. The summed E-state index contributed by atoms with van der Waals surface area (Å²) in [6, 6.07) is 0. The molecular formula is C24H40O5. The third-order valence-electron chi connectivity index (χ3n) is 10.3. The van der Waals surface area contributed by atoms with Crippen LogP contribution in [0.25, 0.3) is 0 Å². The van der Waals surface area contributed by atoms with E-state index in [2.05, 4.69) is 20.8 Å². The molecule has 0 aliphatic heterocycles. The highest BCUT2D eigenvalue weighted by Gasteiger charge is 2.65. The molecule has 4 aliphatic carbocycles. The van der Waals surface area contributed by atoms with Crippen LogP contribution in [0.2, 0.25) is 0 Å². The Balaban J connectivity index is 1.61. The highest BCUT2D eigenvalue weighted by atomic mass is 16.4. The molecule has 0 radical (unpaired) electrons. The molecular weight excluding hydrogens is 368 g/mol. The SMILES string of the molecule is C[C@H](CCC(=O)O)[C@@H]1CC[C@@H]2[C@H]3[C@H](O)C[C@@H]4C[C@@H](O)CC[C@]4(C)[C@@H]3C[C@@H](O)[C@@]21C. The number of fused-ring (bicyclic) bond motifs is 5. The van der Waals surface area contributed by atoms with Gasteiger partial charge in [-0.05, 0) is 97.7 Å². The van der Waals surface area contributed by atoms with Gasteiger partial charge in [0.05, 0.1) is 18.3 Å². The zero-order valence-electron chi connectivity index (χ0n) is 18.3. The van der Waals surface area contributed by atoms with E-state index in [0.717, 1.165) is 44.9 Å². The van der Waals surface area contributed by atoms with Gasteiger partial charge in [-0.2, -0.15) is 0 Å². The summed E-state index contributed by atoms with van der Waals surface area (Å²) in [4.78, 5) is 11.1. The zero-order valence-corrected chi connectivity index (χ0v) is 18.3. The molecule has 0 aromatic carbocycles. The first kappa shape index (κ1) is 21.6. The average Bonchev–Trinajstić information content (AvgIpc) is 3.01. The molecule has 0 heterocycles. The molecule has 4 aliphatic rings. The van der Waals surface area contributed by atoms with E-state index in [-0.39, 0.29) is 41.3 Å². The molecule has 0 spiro atoms. The molecule has 0 bridgehead atoms. The minimum Gasteiger partial charge on any atom is -0.481 e. The lowest BCUT2D eigenvalue weighted by molar-refractivity contribution is -0.207. The normalized spacial score (nSPS) is 52.9. The second kappa shape index (κ2) is 7.49. The predicted molar refractivity (Wildman–Crippen MR) is 110 cm³/mol. The van der Waals surface area contributed by atoms with Gasteiger partial charge in [0.2, 0.25) is 0 Å². The summed E-state index contributed by atoms with van der Waals surface area (Å²) in [5.74, 6) is 0.997. The molecule has 5 nitrogen and oxygen atoms in total. The van der Waals surface area contributed by atoms with Crippen LogP contribution in [0.3, 0.4) is 0 Å². The fourth-order valence-electron chi connectivity index (χ4n) is 8.68. The van der Waals surface area contributed by atoms with E-state index in [9.17, 15) is 20.1 Å². The van der Waals surface area contributed by atoms with Crippen molar-refractivity contribution in [3.63, 3.8) is 0 Å². The van der Waals surface area contributed by atoms with Crippen LogP contribution < -0.4 is 0 Å². The third kappa shape index (κ3) is 3.27. The molecule has 166 valence electrons. The van der Waals surface area contributed by atoms with Crippen molar-refractivity contribution in [3.8, 4) is 0 Å². The van der Waals surface area contributed by atoms with Gasteiger partial charge in [0, 0.05) is 6.42 Å². The lowest BCUT2D eigenvalue weighted by atomic mass is 9.43. The van der Waals surface area contributed by atoms with Crippen LogP contribution in [-0.4, -0.2) is 44.7 Å². The van der Waals surface area contributed by atoms with Gasteiger partial charge >= 0.3 is 5.97 Å². The number of carboxylic acids is 1. The maximum absolute atomic E-state index is 11.5. The largest absolute Gasteiger partial charge is 0.481 e. The van der Waals surface area contributed by atoms with Gasteiger partial charge in [0.25, 0.3) is 0 Å². The van der Waals surface area contributed by atoms with E-state index in [1.54, 1.807) is 0 Å². The average molecular weight is 409 g/mol. The maximum Gasteiger partial charge on any atom is 0.303 e. The minimum absolute atomic E-state index is 0.0957. The highest BCUT2D eigenvalue weighted by molar-refractivity contribution is 5.66. The molecule has 29 heavy (non-hydrogen) atoms. The van der Waals surface area contributed by atoms with Crippen LogP contribution >= 0.6 is 0 Å². The van der Waals surface area contributed by atoms with Gasteiger partial charge in [-0.3, -0.25) is 4.79 Å². The van der Waals surface area contributed by atoms with Crippen molar-refractivity contribution in [2.45, 2.75) is 96.9 Å². The number of aliphatic hydroxyl groups excluding tert-OH is 3. The molecule has 0 amide bonds. The Morgan fingerprint density at radius 1 is 1.03 bits per heavy atom. The van der Waals surface area contributed by atoms with Crippen molar-refractivity contribution in [2.24, 2.45) is 46.3 Å². The Kier molecular flexibility index (Phi) is 5.57. The highest BCUT2D eigenvalue weighted by Crippen LogP contribution is 2.68. The number of aliphatic carboxylic acids is 1. The van der Waals surface area contributed by atoms with Crippen LogP contribution in [0.5, 0.6) is 0 Å².